The van der Waals surface area contributed by atoms with Gasteiger partial charge in [-0.25, -0.2) is 0 Å². The van der Waals surface area contributed by atoms with Gasteiger partial charge in [-0.05, 0) is 0 Å². The van der Waals surface area contributed by atoms with Gasteiger partial charge in [-0.15, -0.1) is 0 Å². The molecule has 14 heavy (non-hydrogen) atoms. The fraction of sp³-hybridized carbons (Fsp3) is 1.00. The zero-order chi connectivity index (χ0) is 10.9. The molecule has 1 rings (SSSR count). The molecular formula is C7H14O7. The van der Waals surface area contributed by atoms with E-state index in [-0.39, 0.29) is 0 Å². The maximum atomic E-state index is 9.43. The summed E-state index contributed by atoms with van der Waals surface area (Å²) >= 11 is 0. The van der Waals surface area contributed by atoms with E-state index in [0.717, 1.165) is 0 Å². The topological polar surface area (TPSA) is 131 Å². The Hall–Kier alpha value is -0.280. The largest absolute Gasteiger partial charge is 0.394 e. The minimum absolute atomic E-state index is 0.646. The number of aliphatic hydroxyl groups is 6. The Balaban J connectivity index is 2.84. The average Bonchev–Trinajstić information content (AvgIpc) is 2.20. The van der Waals surface area contributed by atoms with Crippen LogP contribution < -0.4 is 0 Å². The Bertz CT molecular complexity index is 196. The lowest BCUT2D eigenvalue weighted by molar-refractivity contribution is -0.357. The molecule has 0 radical (unpaired) electrons. The summed E-state index contributed by atoms with van der Waals surface area (Å²) in [6, 6.07) is 0. The van der Waals surface area contributed by atoms with Crippen molar-refractivity contribution in [3.05, 3.63) is 0 Å². The Morgan fingerprint density at radius 3 is 2.07 bits per heavy atom. The van der Waals surface area contributed by atoms with Crippen LogP contribution in [0.3, 0.4) is 0 Å². The molecule has 0 aromatic rings. The van der Waals surface area contributed by atoms with E-state index in [0.29, 0.717) is 0 Å². The SMILES string of the molecule is OC[C@@H]1O[C@@](O)(CO)[C@@H](O)[C@@H](O)[C@@H]1O. The van der Waals surface area contributed by atoms with E-state index in [1.807, 2.05) is 0 Å². The van der Waals surface area contributed by atoms with Gasteiger partial charge in [0.15, 0.2) is 0 Å². The van der Waals surface area contributed by atoms with E-state index in [2.05, 4.69) is 4.74 Å². The van der Waals surface area contributed by atoms with Gasteiger partial charge in [-0.1, -0.05) is 0 Å². The first-order chi connectivity index (χ1) is 6.46. The fourth-order valence-corrected chi connectivity index (χ4v) is 1.35. The predicted octanol–water partition coefficient (Wildman–Crippen LogP) is -3.86. The van der Waals surface area contributed by atoms with Crippen molar-refractivity contribution in [2.45, 2.75) is 30.2 Å². The first-order valence-corrected chi connectivity index (χ1v) is 4.12. The van der Waals surface area contributed by atoms with Crippen molar-refractivity contribution in [1.82, 2.24) is 0 Å². The Morgan fingerprint density at radius 1 is 1.07 bits per heavy atom. The molecule has 1 aliphatic heterocycles. The molecule has 0 spiro atoms. The molecule has 0 aromatic heterocycles. The summed E-state index contributed by atoms with van der Waals surface area (Å²) < 4.78 is 4.66. The lowest BCUT2D eigenvalue weighted by Crippen LogP contribution is -2.66. The molecule has 1 saturated heterocycles. The molecule has 6 N–H and O–H groups in total. The first-order valence-electron chi connectivity index (χ1n) is 4.12. The van der Waals surface area contributed by atoms with Crippen LogP contribution in [0.4, 0.5) is 0 Å². The van der Waals surface area contributed by atoms with Gasteiger partial charge in [0.1, 0.15) is 24.4 Å². The van der Waals surface area contributed by atoms with Crippen LogP contribution in [0.25, 0.3) is 0 Å². The second kappa shape index (κ2) is 4.07. The summed E-state index contributed by atoms with van der Waals surface area (Å²) in [5.41, 5.74) is 0. The number of ether oxygens (including phenoxy) is 1. The summed E-state index contributed by atoms with van der Waals surface area (Å²) in [6.07, 6.45) is -6.27. The van der Waals surface area contributed by atoms with Crippen molar-refractivity contribution < 1.29 is 35.4 Å². The molecule has 7 heteroatoms. The standard InChI is InChI=1S/C7H14O7/c8-1-3-4(10)5(11)6(12)7(13,2-9)14-3/h3-6,8-13H,1-2H2/t3-,4+,5-,6-,7-/m0/s1. The minimum Gasteiger partial charge on any atom is -0.394 e. The quantitative estimate of drug-likeness (QED) is 0.275. The normalized spacial score (nSPS) is 49.3. The molecular weight excluding hydrogens is 196 g/mol. The minimum atomic E-state index is -2.36. The van der Waals surface area contributed by atoms with Gasteiger partial charge in [-0.3, -0.25) is 0 Å². The van der Waals surface area contributed by atoms with E-state index in [1.54, 1.807) is 0 Å². The highest BCUT2D eigenvalue weighted by molar-refractivity contribution is 4.95. The van der Waals surface area contributed by atoms with Crippen LogP contribution in [0, 0.1) is 0 Å². The molecule has 1 heterocycles. The summed E-state index contributed by atoms with van der Waals surface area (Å²) in [7, 11) is 0. The van der Waals surface area contributed by atoms with Crippen molar-refractivity contribution in [3.8, 4) is 0 Å². The molecule has 0 unspecified atom stereocenters. The molecule has 1 fully saturated rings. The van der Waals surface area contributed by atoms with Gasteiger partial charge in [0.25, 0.3) is 0 Å². The van der Waals surface area contributed by atoms with Crippen molar-refractivity contribution in [2.24, 2.45) is 0 Å². The van der Waals surface area contributed by atoms with E-state index < -0.39 is 43.4 Å². The number of hydrogen-bond acceptors (Lipinski definition) is 7. The molecule has 1 aliphatic rings. The monoisotopic (exact) mass is 210 g/mol. The predicted molar refractivity (Wildman–Crippen MR) is 42.0 cm³/mol. The second-order valence-corrected chi connectivity index (χ2v) is 3.27. The molecule has 5 atom stereocenters. The van der Waals surface area contributed by atoms with Crippen molar-refractivity contribution >= 4 is 0 Å². The average molecular weight is 210 g/mol. The maximum absolute atomic E-state index is 9.43. The third-order valence-electron chi connectivity index (χ3n) is 2.28. The number of hydrogen-bond donors (Lipinski definition) is 6. The number of rotatable bonds is 2. The smallest absolute Gasteiger partial charge is 0.219 e. The van der Waals surface area contributed by atoms with Crippen LogP contribution >= 0.6 is 0 Å². The van der Waals surface area contributed by atoms with Crippen LogP contribution in [0.1, 0.15) is 0 Å². The van der Waals surface area contributed by atoms with Gasteiger partial charge >= 0.3 is 0 Å². The van der Waals surface area contributed by atoms with Crippen LogP contribution in [-0.2, 0) is 4.74 Å². The second-order valence-electron chi connectivity index (χ2n) is 3.27. The van der Waals surface area contributed by atoms with E-state index in [4.69, 9.17) is 10.2 Å². The molecule has 7 nitrogen and oxygen atoms in total. The first kappa shape index (κ1) is 11.8. The van der Waals surface area contributed by atoms with Crippen molar-refractivity contribution in [3.63, 3.8) is 0 Å². The number of aliphatic hydroxyl groups excluding tert-OH is 5. The third-order valence-corrected chi connectivity index (χ3v) is 2.28. The Kier molecular flexibility index (Phi) is 3.43. The maximum Gasteiger partial charge on any atom is 0.219 e. The summed E-state index contributed by atoms with van der Waals surface area (Å²) in [5, 5.41) is 54.6. The lowest BCUT2D eigenvalue weighted by Gasteiger charge is -2.44. The van der Waals surface area contributed by atoms with Gasteiger partial charge in [0.05, 0.1) is 13.2 Å². The zero-order valence-electron chi connectivity index (χ0n) is 7.32. The highest BCUT2D eigenvalue weighted by Crippen LogP contribution is 2.27. The molecule has 0 saturated carbocycles. The fourth-order valence-electron chi connectivity index (χ4n) is 1.35. The molecule has 0 bridgehead atoms. The van der Waals surface area contributed by atoms with E-state index >= 15 is 0 Å². The summed E-state index contributed by atoms with van der Waals surface area (Å²) in [5.74, 6) is -2.36. The van der Waals surface area contributed by atoms with Gasteiger partial charge in [0, 0.05) is 0 Å². The van der Waals surface area contributed by atoms with Crippen LogP contribution in [-0.4, -0.2) is 74.1 Å². The highest BCUT2D eigenvalue weighted by Gasteiger charge is 2.52. The lowest BCUT2D eigenvalue weighted by atomic mass is 9.93. The van der Waals surface area contributed by atoms with Crippen molar-refractivity contribution in [1.29, 1.82) is 0 Å². The van der Waals surface area contributed by atoms with Gasteiger partial charge in [0.2, 0.25) is 5.79 Å². The van der Waals surface area contributed by atoms with Gasteiger partial charge in [-0.2, -0.15) is 0 Å². The highest BCUT2D eigenvalue weighted by atomic mass is 16.7. The molecule has 0 amide bonds. The summed E-state index contributed by atoms with van der Waals surface area (Å²) in [4.78, 5) is 0. The summed E-state index contributed by atoms with van der Waals surface area (Å²) in [6.45, 7) is -1.60. The van der Waals surface area contributed by atoms with Crippen LogP contribution in [0.15, 0.2) is 0 Å². The zero-order valence-corrected chi connectivity index (χ0v) is 7.32. The van der Waals surface area contributed by atoms with E-state index in [1.165, 1.54) is 0 Å². The Morgan fingerprint density at radius 2 is 1.64 bits per heavy atom. The molecule has 0 aromatic carbocycles. The molecule has 84 valence electrons. The van der Waals surface area contributed by atoms with Crippen molar-refractivity contribution in [2.75, 3.05) is 13.2 Å². The molecule has 0 aliphatic carbocycles. The van der Waals surface area contributed by atoms with Crippen LogP contribution in [0.2, 0.25) is 0 Å². The van der Waals surface area contributed by atoms with E-state index in [9.17, 15) is 20.4 Å². The Labute approximate surface area is 79.8 Å². The third kappa shape index (κ3) is 1.75. The van der Waals surface area contributed by atoms with Crippen LogP contribution in [0.5, 0.6) is 0 Å². The van der Waals surface area contributed by atoms with Gasteiger partial charge < -0.3 is 35.4 Å².